The molecule has 1 aromatic heterocycles. The molecule has 6 heteroatoms. The Bertz CT molecular complexity index is 692. The number of amides is 2. The summed E-state index contributed by atoms with van der Waals surface area (Å²) in [4.78, 5) is 23.2. The van der Waals surface area contributed by atoms with Crippen LogP contribution in [0.25, 0.3) is 6.08 Å². The summed E-state index contributed by atoms with van der Waals surface area (Å²) in [5.41, 5.74) is 5.35. The normalized spacial score (nSPS) is 10.6. The van der Waals surface area contributed by atoms with Gasteiger partial charge in [-0.3, -0.25) is 20.4 Å². The summed E-state index contributed by atoms with van der Waals surface area (Å²) in [7, 11) is 0. The summed E-state index contributed by atoms with van der Waals surface area (Å²) >= 11 is 0. The van der Waals surface area contributed by atoms with E-state index >= 15 is 0 Å². The molecule has 2 N–H and O–H groups in total. The number of halogens is 1. The molecular weight excluding hydrogens is 275 g/mol. The van der Waals surface area contributed by atoms with Gasteiger partial charge in [-0.1, -0.05) is 12.1 Å². The minimum absolute atomic E-state index is 0.337. The van der Waals surface area contributed by atoms with Gasteiger partial charge in [-0.2, -0.15) is 0 Å². The van der Waals surface area contributed by atoms with E-state index < -0.39 is 11.8 Å². The Morgan fingerprint density at radius 2 is 2.05 bits per heavy atom. The first-order chi connectivity index (χ1) is 10.1. The van der Waals surface area contributed by atoms with Gasteiger partial charge in [0.15, 0.2) is 0 Å². The van der Waals surface area contributed by atoms with Gasteiger partial charge in [-0.15, -0.1) is 0 Å². The monoisotopic (exact) mass is 288 g/mol. The zero-order valence-corrected chi connectivity index (χ0v) is 11.2. The molecule has 0 aliphatic rings. The second kappa shape index (κ2) is 6.51. The number of hydrogen-bond acceptors (Lipinski definition) is 3. The predicted octanol–water partition coefficient (Wildman–Crippen LogP) is 2.20. The average Bonchev–Trinajstić information content (AvgIpc) is 2.89. The summed E-state index contributed by atoms with van der Waals surface area (Å²) in [6.45, 7) is 1.64. The minimum atomic E-state index is -0.534. The van der Waals surface area contributed by atoms with E-state index in [1.807, 2.05) is 0 Å². The molecule has 0 radical (unpaired) electrons. The van der Waals surface area contributed by atoms with Crippen molar-refractivity contribution in [2.75, 3.05) is 0 Å². The van der Waals surface area contributed by atoms with E-state index in [9.17, 15) is 14.0 Å². The second-order valence-electron chi connectivity index (χ2n) is 4.22. The third kappa shape index (κ3) is 4.04. The molecule has 0 atom stereocenters. The number of hydrogen-bond donors (Lipinski definition) is 2. The standard InChI is InChI=1S/C15H13FN2O3/c1-10-13(7-8-21-10)15(20)18-17-14(19)6-5-11-3-2-4-12(16)9-11/h2-9H,1H3,(H,17,19)(H,18,20). The summed E-state index contributed by atoms with van der Waals surface area (Å²) in [5.74, 6) is -0.944. The van der Waals surface area contributed by atoms with Crippen LogP contribution in [0.15, 0.2) is 47.1 Å². The molecule has 108 valence electrons. The second-order valence-corrected chi connectivity index (χ2v) is 4.22. The number of nitrogens with one attached hydrogen (secondary N) is 2. The van der Waals surface area contributed by atoms with Crippen molar-refractivity contribution in [3.05, 3.63) is 65.4 Å². The van der Waals surface area contributed by atoms with Gasteiger partial charge in [-0.25, -0.2) is 4.39 Å². The number of furan rings is 1. The number of carbonyl (C=O) groups is 2. The van der Waals surface area contributed by atoms with Crippen molar-refractivity contribution >= 4 is 17.9 Å². The molecule has 1 heterocycles. The molecule has 0 spiro atoms. The minimum Gasteiger partial charge on any atom is -0.469 e. The van der Waals surface area contributed by atoms with Crippen LogP contribution in [0.1, 0.15) is 21.7 Å². The van der Waals surface area contributed by atoms with Gasteiger partial charge in [0.2, 0.25) is 0 Å². The fourth-order valence-electron chi connectivity index (χ4n) is 1.63. The van der Waals surface area contributed by atoms with Crippen LogP contribution >= 0.6 is 0 Å². The number of aryl methyl sites for hydroxylation is 1. The van der Waals surface area contributed by atoms with Gasteiger partial charge in [0.1, 0.15) is 11.6 Å². The van der Waals surface area contributed by atoms with Crippen molar-refractivity contribution in [1.29, 1.82) is 0 Å². The lowest BCUT2D eigenvalue weighted by molar-refractivity contribution is -0.117. The Balaban J connectivity index is 1.88. The Morgan fingerprint density at radius 1 is 1.24 bits per heavy atom. The molecule has 0 unspecified atom stereocenters. The van der Waals surface area contributed by atoms with Crippen LogP contribution in [-0.2, 0) is 4.79 Å². The van der Waals surface area contributed by atoms with Crippen molar-refractivity contribution < 1.29 is 18.4 Å². The number of benzene rings is 1. The smallest absolute Gasteiger partial charge is 0.273 e. The SMILES string of the molecule is Cc1occc1C(=O)NNC(=O)C=Cc1cccc(F)c1. The van der Waals surface area contributed by atoms with Crippen molar-refractivity contribution in [1.82, 2.24) is 10.9 Å². The first kappa shape index (κ1) is 14.5. The highest BCUT2D eigenvalue weighted by atomic mass is 19.1. The van der Waals surface area contributed by atoms with Crippen molar-refractivity contribution in [2.24, 2.45) is 0 Å². The van der Waals surface area contributed by atoms with E-state index in [2.05, 4.69) is 10.9 Å². The highest BCUT2D eigenvalue weighted by Gasteiger charge is 2.11. The van der Waals surface area contributed by atoms with Crippen LogP contribution < -0.4 is 10.9 Å². The van der Waals surface area contributed by atoms with E-state index in [1.54, 1.807) is 13.0 Å². The summed E-state index contributed by atoms with van der Waals surface area (Å²) in [6, 6.07) is 7.29. The summed E-state index contributed by atoms with van der Waals surface area (Å²) < 4.78 is 17.9. The molecule has 1 aromatic carbocycles. The first-order valence-electron chi connectivity index (χ1n) is 6.14. The van der Waals surface area contributed by atoms with Crippen molar-refractivity contribution in [3.8, 4) is 0 Å². The van der Waals surface area contributed by atoms with Gasteiger partial charge >= 0.3 is 0 Å². The van der Waals surface area contributed by atoms with Gasteiger partial charge < -0.3 is 4.42 Å². The molecule has 2 rings (SSSR count). The number of carbonyl (C=O) groups excluding carboxylic acids is 2. The zero-order chi connectivity index (χ0) is 15.2. The molecule has 2 amide bonds. The van der Waals surface area contributed by atoms with Gasteiger partial charge in [-0.05, 0) is 36.8 Å². The third-order valence-electron chi connectivity index (χ3n) is 2.68. The van der Waals surface area contributed by atoms with Crippen LogP contribution in [0.2, 0.25) is 0 Å². The van der Waals surface area contributed by atoms with Crippen LogP contribution in [0, 0.1) is 12.7 Å². The van der Waals surface area contributed by atoms with Crippen molar-refractivity contribution in [2.45, 2.75) is 6.92 Å². The van der Waals surface area contributed by atoms with E-state index in [4.69, 9.17) is 4.42 Å². The van der Waals surface area contributed by atoms with Crippen LogP contribution in [-0.4, -0.2) is 11.8 Å². The van der Waals surface area contributed by atoms with Crippen LogP contribution in [0.4, 0.5) is 4.39 Å². The van der Waals surface area contributed by atoms with Crippen LogP contribution in [0.3, 0.4) is 0 Å². The summed E-state index contributed by atoms with van der Waals surface area (Å²) in [6.07, 6.45) is 4.01. The van der Waals surface area contributed by atoms with Crippen molar-refractivity contribution in [3.63, 3.8) is 0 Å². The molecule has 0 bridgehead atoms. The molecular formula is C15H13FN2O3. The molecule has 0 aliphatic carbocycles. The maximum Gasteiger partial charge on any atom is 0.273 e. The number of rotatable bonds is 3. The fraction of sp³-hybridized carbons (Fsp3) is 0.0667. The maximum atomic E-state index is 12.9. The zero-order valence-electron chi connectivity index (χ0n) is 11.2. The molecule has 5 nitrogen and oxygen atoms in total. The van der Waals surface area contributed by atoms with Crippen LogP contribution in [0.5, 0.6) is 0 Å². The Hall–Kier alpha value is -2.89. The molecule has 2 aromatic rings. The Kier molecular flexibility index (Phi) is 4.50. The lowest BCUT2D eigenvalue weighted by atomic mass is 10.2. The molecule has 21 heavy (non-hydrogen) atoms. The van der Waals surface area contributed by atoms with E-state index in [-0.39, 0.29) is 5.82 Å². The summed E-state index contributed by atoms with van der Waals surface area (Å²) in [5, 5.41) is 0. The fourth-order valence-corrected chi connectivity index (χ4v) is 1.63. The Labute approximate surface area is 120 Å². The van der Waals surface area contributed by atoms with Gasteiger partial charge in [0.05, 0.1) is 11.8 Å². The molecule has 0 saturated heterocycles. The van der Waals surface area contributed by atoms with Gasteiger partial charge in [0, 0.05) is 6.08 Å². The first-order valence-corrected chi connectivity index (χ1v) is 6.14. The van der Waals surface area contributed by atoms with E-state index in [0.29, 0.717) is 16.9 Å². The molecule has 0 saturated carbocycles. The highest BCUT2D eigenvalue weighted by Crippen LogP contribution is 2.07. The predicted molar refractivity (Wildman–Crippen MR) is 74.5 cm³/mol. The molecule has 0 fully saturated rings. The van der Waals surface area contributed by atoms with Gasteiger partial charge in [0.25, 0.3) is 11.8 Å². The third-order valence-corrected chi connectivity index (χ3v) is 2.68. The Morgan fingerprint density at radius 3 is 2.71 bits per heavy atom. The molecule has 0 aliphatic heterocycles. The number of hydrazine groups is 1. The topological polar surface area (TPSA) is 71.3 Å². The quantitative estimate of drug-likeness (QED) is 0.672. The lowest BCUT2D eigenvalue weighted by Gasteiger charge is -2.04. The lowest BCUT2D eigenvalue weighted by Crippen LogP contribution is -2.40. The van der Waals surface area contributed by atoms with E-state index in [0.717, 1.165) is 0 Å². The van der Waals surface area contributed by atoms with E-state index in [1.165, 1.54) is 42.7 Å². The maximum absolute atomic E-state index is 12.9. The highest BCUT2D eigenvalue weighted by molar-refractivity contribution is 5.98. The largest absolute Gasteiger partial charge is 0.469 e. The average molecular weight is 288 g/mol.